The van der Waals surface area contributed by atoms with E-state index in [9.17, 15) is 23.2 Å². The van der Waals surface area contributed by atoms with Gasteiger partial charge in [-0.05, 0) is 61.7 Å². The number of carbonyl (C=O) groups excluding carboxylic acids is 2. The number of hydrogen-bond donors (Lipinski definition) is 3. The average Bonchev–Trinajstić information content (AvgIpc) is 2.65. The standard InChI is InChI=1S/C20H20F2N2O4/c1-12(20(27)28)23-19(26)14-6-8-15(9-7-14)24-18(25)4-2-3-13-5-10-16(21)17(22)11-13/h5-12H,2-4H2,1H3,(H,23,26)(H,24,25)(H,27,28). The van der Waals surface area contributed by atoms with Crippen molar-refractivity contribution in [3.8, 4) is 0 Å². The van der Waals surface area contributed by atoms with Gasteiger partial charge in [0.15, 0.2) is 11.6 Å². The zero-order chi connectivity index (χ0) is 20.7. The largest absolute Gasteiger partial charge is 0.480 e. The highest BCUT2D eigenvalue weighted by Gasteiger charge is 2.15. The first-order valence-corrected chi connectivity index (χ1v) is 8.64. The van der Waals surface area contributed by atoms with E-state index < -0.39 is 29.6 Å². The molecule has 0 heterocycles. The molecule has 6 nitrogen and oxygen atoms in total. The normalized spacial score (nSPS) is 11.5. The maximum atomic E-state index is 13.1. The molecule has 0 fully saturated rings. The van der Waals surface area contributed by atoms with Crippen LogP contribution >= 0.6 is 0 Å². The van der Waals surface area contributed by atoms with Gasteiger partial charge in [-0.2, -0.15) is 0 Å². The van der Waals surface area contributed by atoms with Crippen molar-refractivity contribution in [1.29, 1.82) is 0 Å². The van der Waals surface area contributed by atoms with Crippen LogP contribution in [-0.2, 0) is 16.0 Å². The summed E-state index contributed by atoms with van der Waals surface area (Å²) in [6, 6.07) is 8.65. The molecule has 3 N–H and O–H groups in total. The predicted molar refractivity (Wildman–Crippen MR) is 98.9 cm³/mol. The molecule has 0 aliphatic rings. The second kappa shape index (κ2) is 9.59. The molecular formula is C20H20F2N2O4. The van der Waals surface area contributed by atoms with Gasteiger partial charge in [0.2, 0.25) is 5.91 Å². The topological polar surface area (TPSA) is 95.5 Å². The lowest BCUT2D eigenvalue weighted by Crippen LogP contribution is -2.38. The van der Waals surface area contributed by atoms with Gasteiger partial charge in [-0.3, -0.25) is 14.4 Å². The molecule has 2 aromatic rings. The van der Waals surface area contributed by atoms with Crippen LogP contribution in [0.1, 0.15) is 35.7 Å². The van der Waals surface area contributed by atoms with Crippen molar-refractivity contribution >= 4 is 23.5 Å². The van der Waals surface area contributed by atoms with E-state index in [0.29, 0.717) is 24.1 Å². The number of amides is 2. The summed E-state index contributed by atoms with van der Waals surface area (Å²) in [6.07, 6.45) is 1.09. The molecule has 0 aliphatic heterocycles. The molecule has 2 amide bonds. The Hall–Kier alpha value is -3.29. The maximum Gasteiger partial charge on any atom is 0.325 e. The molecule has 0 spiro atoms. The number of carboxylic acids is 1. The van der Waals surface area contributed by atoms with Crippen LogP contribution in [-0.4, -0.2) is 28.9 Å². The van der Waals surface area contributed by atoms with Crippen LogP contribution in [0.2, 0.25) is 0 Å². The number of aliphatic carboxylic acids is 1. The Labute approximate surface area is 160 Å². The summed E-state index contributed by atoms with van der Waals surface area (Å²) in [7, 11) is 0. The van der Waals surface area contributed by atoms with Gasteiger partial charge in [-0.25, -0.2) is 8.78 Å². The third kappa shape index (κ3) is 6.15. The summed E-state index contributed by atoms with van der Waals surface area (Å²) in [5.41, 5.74) is 1.36. The predicted octanol–water partition coefficient (Wildman–Crippen LogP) is 3.13. The van der Waals surface area contributed by atoms with Crippen LogP contribution in [0.15, 0.2) is 42.5 Å². The third-order valence-corrected chi connectivity index (χ3v) is 4.00. The van der Waals surface area contributed by atoms with Crippen LogP contribution in [0.4, 0.5) is 14.5 Å². The summed E-state index contributed by atoms with van der Waals surface area (Å²) >= 11 is 0. The Morgan fingerprint density at radius 2 is 1.71 bits per heavy atom. The summed E-state index contributed by atoms with van der Waals surface area (Å²) in [5.74, 6) is -3.74. The molecule has 1 unspecified atom stereocenters. The fourth-order valence-corrected chi connectivity index (χ4v) is 2.42. The molecule has 0 bridgehead atoms. The molecule has 28 heavy (non-hydrogen) atoms. The SMILES string of the molecule is CC(NC(=O)c1ccc(NC(=O)CCCc2ccc(F)c(F)c2)cc1)C(=O)O. The van der Waals surface area contributed by atoms with Gasteiger partial charge >= 0.3 is 5.97 Å². The zero-order valence-corrected chi connectivity index (χ0v) is 15.2. The summed E-state index contributed by atoms with van der Waals surface area (Å²) in [4.78, 5) is 34.6. The quantitative estimate of drug-likeness (QED) is 0.645. The smallest absolute Gasteiger partial charge is 0.325 e. The number of hydrogen-bond acceptors (Lipinski definition) is 3. The fourth-order valence-electron chi connectivity index (χ4n) is 2.42. The molecule has 8 heteroatoms. The molecule has 0 saturated carbocycles. The maximum absolute atomic E-state index is 13.1. The minimum atomic E-state index is -1.14. The number of aryl methyl sites for hydroxylation is 1. The van der Waals surface area contributed by atoms with Crippen molar-refractivity contribution < 1.29 is 28.3 Å². The van der Waals surface area contributed by atoms with Gasteiger partial charge in [0.05, 0.1) is 0 Å². The Morgan fingerprint density at radius 3 is 2.32 bits per heavy atom. The third-order valence-electron chi connectivity index (χ3n) is 4.00. The zero-order valence-electron chi connectivity index (χ0n) is 15.2. The first-order chi connectivity index (χ1) is 13.3. The summed E-state index contributed by atoms with van der Waals surface area (Å²) in [6.45, 7) is 1.36. The van der Waals surface area contributed by atoms with Gasteiger partial charge in [-0.1, -0.05) is 6.07 Å². The van der Waals surface area contributed by atoms with Crippen molar-refractivity contribution in [3.05, 3.63) is 65.2 Å². The fraction of sp³-hybridized carbons (Fsp3) is 0.250. The lowest BCUT2D eigenvalue weighted by molar-refractivity contribution is -0.138. The molecular weight excluding hydrogens is 370 g/mol. The molecule has 1 atom stereocenters. The molecule has 0 saturated heterocycles. The summed E-state index contributed by atoms with van der Waals surface area (Å²) < 4.78 is 26.0. The molecule has 148 valence electrons. The van der Waals surface area contributed by atoms with Crippen LogP contribution in [0.3, 0.4) is 0 Å². The van der Waals surface area contributed by atoms with Gasteiger partial charge in [0.25, 0.3) is 5.91 Å². The van der Waals surface area contributed by atoms with Crippen LogP contribution in [0.5, 0.6) is 0 Å². The van der Waals surface area contributed by atoms with E-state index in [2.05, 4.69) is 10.6 Å². The van der Waals surface area contributed by atoms with Crippen molar-refractivity contribution in [2.45, 2.75) is 32.2 Å². The highest BCUT2D eigenvalue weighted by molar-refractivity contribution is 5.97. The van der Waals surface area contributed by atoms with Crippen molar-refractivity contribution in [2.24, 2.45) is 0 Å². The Kier molecular flexibility index (Phi) is 7.20. The molecule has 0 radical (unpaired) electrons. The van der Waals surface area contributed by atoms with Crippen molar-refractivity contribution in [3.63, 3.8) is 0 Å². The number of rotatable bonds is 8. The number of benzene rings is 2. The lowest BCUT2D eigenvalue weighted by Gasteiger charge is -2.10. The van der Waals surface area contributed by atoms with E-state index in [1.807, 2.05) is 0 Å². The van der Waals surface area contributed by atoms with E-state index in [1.54, 1.807) is 0 Å². The van der Waals surface area contributed by atoms with Crippen LogP contribution in [0, 0.1) is 11.6 Å². The summed E-state index contributed by atoms with van der Waals surface area (Å²) in [5, 5.41) is 13.8. The van der Waals surface area contributed by atoms with Crippen LogP contribution in [0.25, 0.3) is 0 Å². The highest BCUT2D eigenvalue weighted by Crippen LogP contribution is 2.13. The molecule has 2 aromatic carbocycles. The van der Waals surface area contributed by atoms with E-state index in [1.165, 1.54) is 37.3 Å². The van der Waals surface area contributed by atoms with Crippen molar-refractivity contribution in [2.75, 3.05) is 5.32 Å². The van der Waals surface area contributed by atoms with E-state index >= 15 is 0 Å². The molecule has 0 aromatic heterocycles. The molecule has 2 rings (SSSR count). The molecule has 0 aliphatic carbocycles. The number of carbonyl (C=O) groups is 3. The van der Waals surface area contributed by atoms with Crippen molar-refractivity contribution in [1.82, 2.24) is 5.32 Å². The van der Waals surface area contributed by atoms with Gasteiger partial charge in [-0.15, -0.1) is 0 Å². The lowest BCUT2D eigenvalue weighted by atomic mass is 10.1. The van der Waals surface area contributed by atoms with Gasteiger partial charge in [0, 0.05) is 17.7 Å². The number of halogens is 2. The minimum Gasteiger partial charge on any atom is -0.480 e. The Morgan fingerprint density at radius 1 is 1.04 bits per heavy atom. The second-order valence-electron chi connectivity index (χ2n) is 6.26. The number of anilines is 1. The average molecular weight is 390 g/mol. The number of carboxylic acid groups (broad SMARTS) is 1. The van der Waals surface area contributed by atoms with Gasteiger partial charge < -0.3 is 15.7 Å². The minimum absolute atomic E-state index is 0.192. The van der Waals surface area contributed by atoms with E-state index in [-0.39, 0.29) is 17.9 Å². The monoisotopic (exact) mass is 390 g/mol. The Balaban J connectivity index is 1.81. The Bertz CT molecular complexity index is 869. The first-order valence-electron chi connectivity index (χ1n) is 8.64. The van der Waals surface area contributed by atoms with Gasteiger partial charge in [0.1, 0.15) is 6.04 Å². The number of nitrogens with one attached hydrogen (secondary N) is 2. The highest BCUT2D eigenvalue weighted by atomic mass is 19.2. The first kappa shape index (κ1) is 21.0. The van der Waals surface area contributed by atoms with E-state index in [0.717, 1.165) is 12.1 Å². The van der Waals surface area contributed by atoms with E-state index in [4.69, 9.17) is 5.11 Å². The second-order valence-corrected chi connectivity index (χ2v) is 6.26. The van der Waals surface area contributed by atoms with Crippen LogP contribution < -0.4 is 10.6 Å².